The number of fused-ring (bicyclic) bond motifs is 1. The zero-order valence-corrected chi connectivity index (χ0v) is 6.62. The molecule has 0 radical (unpaired) electrons. The molecule has 1 aromatic carbocycles. The third-order valence-electron chi connectivity index (χ3n) is 1.88. The fourth-order valence-electron chi connectivity index (χ4n) is 1.26. The number of benzene rings is 1. The van der Waals surface area contributed by atoms with Crippen LogP contribution in [0.4, 0.5) is 5.69 Å². The molecule has 1 heterocycles. The van der Waals surface area contributed by atoms with Crippen molar-refractivity contribution in [1.29, 1.82) is 0 Å². The van der Waals surface area contributed by atoms with Crippen molar-refractivity contribution < 1.29 is 0 Å². The van der Waals surface area contributed by atoms with Gasteiger partial charge in [0, 0.05) is 23.7 Å². The second kappa shape index (κ2) is 2.74. The first-order valence-corrected chi connectivity index (χ1v) is 3.85. The smallest absolute Gasteiger partial charge is 0.0394 e. The van der Waals surface area contributed by atoms with E-state index in [1.807, 2.05) is 42.8 Å². The van der Waals surface area contributed by atoms with E-state index in [1.165, 1.54) is 0 Å². The molecule has 0 saturated heterocycles. The van der Waals surface area contributed by atoms with Gasteiger partial charge in [-0.1, -0.05) is 12.1 Å². The lowest BCUT2D eigenvalue weighted by molar-refractivity contribution is 1.22. The number of anilines is 1. The van der Waals surface area contributed by atoms with E-state index in [-0.39, 0.29) is 0 Å². The summed E-state index contributed by atoms with van der Waals surface area (Å²) < 4.78 is 0. The number of nitrogen functional groups attached to an aromatic ring is 1. The molecule has 0 fully saturated rings. The van der Waals surface area contributed by atoms with Crippen molar-refractivity contribution in [2.45, 2.75) is 0 Å². The van der Waals surface area contributed by atoms with Crippen LogP contribution in [0.25, 0.3) is 12.2 Å². The summed E-state index contributed by atoms with van der Waals surface area (Å²) in [5, 5.41) is 3.00. The van der Waals surface area contributed by atoms with Gasteiger partial charge in [0.15, 0.2) is 0 Å². The molecule has 12 heavy (non-hydrogen) atoms. The minimum Gasteiger partial charge on any atom is -0.398 e. The highest BCUT2D eigenvalue weighted by Crippen LogP contribution is 2.20. The third kappa shape index (κ3) is 1.07. The van der Waals surface area contributed by atoms with Crippen LogP contribution in [0.2, 0.25) is 0 Å². The molecule has 0 saturated carbocycles. The first-order chi connectivity index (χ1) is 5.88. The van der Waals surface area contributed by atoms with Crippen LogP contribution in [0, 0.1) is 0 Å². The lowest BCUT2D eigenvalue weighted by Gasteiger charge is -2.02. The first-order valence-electron chi connectivity index (χ1n) is 3.85. The predicted molar refractivity (Wildman–Crippen MR) is 52.1 cm³/mol. The Bertz CT molecular complexity index is 351. The Morgan fingerprint density at radius 2 is 1.92 bits per heavy atom. The summed E-state index contributed by atoms with van der Waals surface area (Å²) in [6.45, 7) is 0. The summed E-state index contributed by atoms with van der Waals surface area (Å²) in [4.78, 5) is 0. The van der Waals surface area contributed by atoms with E-state index in [1.54, 1.807) is 0 Å². The van der Waals surface area contributed by atoms with Gasteiger partial charge in [0.25, 0.3) is 0 Å². The maximum Gasteiger partial charge on any atom is 0.0394 e. The van der Waals surface area contributed by atoms with Crippen LogP contribution in [0.1, 0.15) is 11.1 Å². The molecule has 1 aliphatic rings. The molecular weight excluding hydrogens is 148 g/mol. The molecule has 0 amide bonds. The molecule has 0 atom stereocenters. The topological polar surface area (TPSA) is 38.0 Å². The Kier molecular flexibility index (Phi) is 1.59. The summed E-state index contributed by atoms with van der Waals surface area (Å²) >= 11 is 0. The van der Waals surface area contributed by atoms with Gasteiger partial charge in [0.1, 0.15) is 0 Å². The van der Waals surface area contributed by atoms with Gasteiger partial charge >= 0.3 is 0 Å². The van der Waals surface area contributed by atoms with Crippen molar-refractivity contribution in [3.63, 3.8) is 0 Å². The van der Waals surface area contributed by atoms with Gasteiger partial charge in [0.05, 0.1) is 0 Å². The predicted octanol–water partition coefficient (Wildman–Crippen LogP) is 1.81. The fourth-order valence-corrected chi connectivity index (χ4v) is 1.26. The van der Waals surface area contributed by atoms with E-state index in [2.05, 4.69) is 5.32 Å². The maximum atomic E-state index is 5.80. The van der Waals surface area contributed by atoms with E-state index in [4.69, 9.17) is 5.73 Å². The zero-order valence-electron chi connectivity index (χ0n) is 6.62. The maximum absolute atomic E-state index is 5.80. The molecule has 0 unspecified atom stereocenters. The number of hydrogen-bond acceptors (Lipinski definition) is 2. The number of hydrogen-bond donors (Lipinski definition) is 2. The molecule has 1 aromatic rings. The monoisotopic (exact) mass is 158 g/mol. The van der Waals surface area contributed by atoms with Gasteiger partial charge in [-0.3, -0.25) is 0 Å². The van der Waals surface area contributed by atoms with Gasteiger partial charge in [-0.2, -0.15) is 0 Å². The van der Waals surface area contributed by atoms with Crippen molar-refractivity contribution >= 4 is 17.8 Å². The van der Waals surface area contributed by atoms with Crippen molar-refractivity contribution in [1.82, 2.24) is 5.32 Å². The van der Waals surface area contributed by atoms with E-state index in [0.29, 0.717) is 0 Å². The third-order valence-corrected chi connectivity index (χ3v) is 1.88. The van der Waals surface area contributed by atoms with Crippen LogP contribution in [-0.4, -0.2) is 0 Å². The highest BCUT2D eigenvalue weighted by molar-refractivity contribution is 5.75. The molecule has 0 spiro atoms. The second-order valence-electron chi connectivity index (χ2n) is 2.68. The van der Waals surface area contributed by atoms with E-state index in [0.717, 1.165) is 16.8 Å². The molecule has 0 aliphatic carbocycles. The summed E-state index contributed by atoms with van der Waals surface area (Å²) in [6.07, 6.45) is 7.75. The summed E-state index contributed by atoms with van der Waals surface area (Å²) in [5.41, 5.74) is 8.85. The molecular formula is C10H10N2. The van der Waals surface area contributed by atoms with Crippen molar-refractivity contribution in [2.24, 2.45) is 0 Å². The Hall–Kier alpha value is -1.70. The van der Waals surface area contributed by atoms with Crippen molar-refractivity contribution in [3.8, 4) is 0 Å². The largest absolute Gasteiger partial charge is 0.398 e. The van der Waals surface area contributed by atoms with E-state index < -0.39 is 0 Å². The minimum absolute atomic E-state index is 0.817. The molecule has 2 rings (SSSR count). The number of nitrogens with one attached hydrogen (secondary N) is 1. The van der Waals surface area contributed by atoms with Crippen LogP contribution < -0.4 is 11.1 Å². The Morgan fingerprint density at radius 1 is 1.08 bits per heavy atom. The Labute approximate surface area is 71.4 Å². The van der Waals surface area contributed by atoms with E-state index in [9.17, 15) is 0 Å². The van der Waals surface area contributed by atoms with Crippen LogP contribution in [0.5, 0.6) is 0 Å². The van der Waals surface area contributed by atoms with E-state index >= 15 is 0 Å². The van der Waals surface area contributed by atoms with Gasteiger partial charge in [0.2, 0.25) is 0 Å². The average Bonchev–Trinajstić information content (AvgIpc) is 2.30. The molecule has 3 N–H and O–H groups in total. The standard InChI is InChI=1S/C10H10N2/c11-10-3-1-2-8-4-6-12-7-5-9(8)10/h1-7,12H,11H2. The number of rotatable bonds is 0. The SMILES string of the molecule is Nc1cccc2c1C=CNC=C2. The quantitative estimate of drug-likeness (QED) is 0.565. The van der Waals surface area contributed by atoms with Gasteiger partial charge in [-0.15, -0.1) is 0 Å². The molecule has 2 nitrogen and oxygen atoms in total. The van der Waals surface area contributed by atoms with Gasteiger partial charge in [-0.05, 0) is 23.8 Å². The Balaban J connectivity index is 2.65. The minimum atomic E-state index is 0.817. The number of nitrogens with two attached hydrogens (primary N) is 1. The first kappa shape index (κ1) is 6.98. The normalized spacial score (nSPS) is 13.3. The highest BCUT2D eigenvalue weighted by atomic mass is 14.8. The molecule has 0 bridgehead atoms. The fraction of sp³-hybridized carbons (Fsp3) is 0. The van der Waals surface area contributed by atoms with Crippen LogP contribution in [0.3, 0.4) is 0 Å². The lowest BCUT2D eigenvalue weighted by Crippen LogP contribution is -1.90. The van der Waals surface area contributed by atoms with Crippen LogP contribution in [0.15, 0.2) is 30.6 Å². The van der Waals surface area contributed by atoms with Crippen molar-refractivity contribution in [3.05, 3.63) is 41.7 Å². The zero-order chi connectivity index (χ0) is 8.39. The highest BCUT2D eigenvalue weighted by Gasteiger charge is 2.00. The second-order valence-corrected chi connectivity index (χ2v) is 2.68. The summed E-state index contributed by atoms with van der Waals surface area (Å²) in [6, 6.07) is 5.90. The molecule has 2 heteroatoms. The lowest BCUT2D eigenvalue weighted by atomic mass is 10.1. The van der Waals surface area contributed by atoms with Crippen LogP contribution >= 0.6 is 0 Å². The molecule has 1 aliphatic heterocycles. The summed E-state index contributed by atoms with van der Waals surface area (Å²) in [7, 11) is 0. The summed E-state index contributed by atoms with van der Waals surface area (Å²) in [5.74, 6) is 0. The van der Waals surface area contributed by atoms with Gasteiger partial charge < -0.3 is 11.1 Å². The molecule has 0 aromatic heterocycles. The molecule has 60 valence electrons. The average molecular weight is 158 g/mol. The Morgan fingerprint density at radius 3 is 2.83 bits per heavy atom. The van der Waals surface area contributed by atoms with Gasteiger partial charge in [-0.25, -0.2) is 0 Å². The van der Waals surface area contributed by atoms with Crippen molar-refractivity contribution in [2.75, 3.05) is 5.73 Å². The van der Waals surface area contributed by atoms with Crippen LogP contribution in [-0.2, 0) is 0 Å².